The lowest BCUT2D eigenvalue weighted by atomic mass is 10.2. The van der Waals surface area contributed by atoms with Crippen LogP contribution < -0.4 is 0 Å². The Balaban J connectivity index is 2.87. The van der Waals surface area contributed by atoms with Gasteiger partial charge in [-0.3, -0.25) is 0 Å². The Labute approximate surface area is 89.1 Å². The first kappa shape index (κ1) is 8.91. The van der Waals surface area contributed by atoms with Crippen LogP contribution in [-0.4, -0.2) is 9.97 Å². The summed E-state index contributed by atoms with van der Waals surface area (Å²) in [7, 11) is 0. The van der Waals surface area contributed by atoms with E-state index in [1.54, 1.807) is 6.20 Å². The van der Waals surface area contributed by atoms with E-state index in [-0.39, 0.29) is 5.28 Å². The zero-order valence-electron chi connectivity index (χ0n) is 6.88. The van der Waals surface area contributed by atoms with Gasteiger partial charge in [-0.15, -0.1) is 0 Å². The molecule has 0 amide bonds. The maximum absolute atomic E-state index is 5.69. The van der Waals surface area contributed by atoms with Gasteiger partial charge in [0.25, 0.3) is 0 Å². The summed E-state index contributed by atoms with van der Waals surface area (Å²) in [6.07, 6.45) is 1.72. The van der Waals surface area contributed by atoms with Crippen LogP contribution in [0.25, 0.3) is 10.9 Å². The van der Waals surface area contributed by atoms with Gasteiger partial charge in [0.1, 0.15) is 0 Å². The summed E-state index contributed by atoms with van der Waals surface area (Å²) in [5.74, 6) is 0. The fraction of sp³-hybridized carbons (Fsp3) is 0.111. The molecule has 0 aliphatic rings. The molecule has 0 radical (unpaired) electrons. The van der Waals surface area contributed by atoms with Crippen molar-refractivity contribution in [1.29, 1.82) is 0 Å². The monoisotopic (exact) mass is 256 g/mol. The van der Waals surface area contributed by atoms with Crippen molar-refractivity contribution in [2.75, 3.05) is 0 Å². The maximum Gasteiger partial charge on any atom is 0.222 e. The molecule has 0 atom stereocenters. The van der Waals surface area contributed by atoms with E-state index in [9.17, 15) is 0 Å². The van der Waals surface area contributed by atoms with E-state index in [0.717, 1.165) is 15.4 Å². The van der Waals surface area contributed by atoms with Crippen molar-refractivity contribution in [1.82, 2.24) is 9.97 Å². The number of nitrogens with zero attached hydrogens (tertiary/aromatic N) is 2. The maximum atomic E-state index is 5.69. The van der Waals surface area contributed by atoms with E-state index in [1.807, 2.05) is 19.1 Å². The summed E-state index contributed by atoms with van der Waals surface area (Å²) >= 11 is 9.12. The van der Waals surface area contributed by atoms with E-state index in [2.05, 4.69) is 25.9 Å². The van der Waals surface area contributed by atoms with Gasteiger partial charge in [-0.25, -0.2) is 9.97 Å². The highest BCUT2D eigenvalue weighted by Gasteiger charge is 2.02. The van der Waals surface area contributed by atoms with Crippen LogP contribution in [0, 0.1) is 6.92 Å². The highest BCUT2D eigenvalue weighted by Crippen LogP contribution is 2.24. The van der Waals surface area contributed by atoms with Crippen molar-refractivity contribution in [3.8, 4) is 0 Å². The molecule has 4 heteroatoms. The Morgan fingerprint density at radius 2 is 2.15 bits per heavy atom. The fourth-order valence-electron chi connectivity index (χ4n) is 1.22. The molecule has 0 saturated carbocycles. The van der Waals surface area contributed by atoms with E-state index in [1.165, 1.54) is 5.56 Å². The smallest absolute Gasteiger partial charge is 0.222 e. The Hall–Kier alpha value is -0.670. The van der Waals surface area contributed by atoms with Gasteiger partial charge in [-0.1, -0.05) is 0 Å². The van der Waals surface area contributed by atoms with Crippen molar-refractivity contribution >= 4 is 38.4 Å². The third-order valence-corrected chi connectivity index (χ3v) is 2.54. The van der Waals surface area contributed by atoms with Crippen molar-refractivity contribution in [2.24, 2.45) is 0 Å². The van der Waals surface area contributed by atoms with Gasteiger partial charge in [0, 0.05) is 16.1 Å². The zero-order chi connectivity index (χ0) is 9.42. The number of aryl methyl sites for hydroxylation is 1. The number of benzene rings is 1. The Morgan fingerprint density at radius 1 is 1.38 bits per heavy atom. The van der Waals surface area contributed by atoms with E-state index in [0.29, 0.717) is 0 Å². The van der Waals surface area contributed by atoms with Gasteiger partial charge >= 0.3 is 0 Å². The van der Waals surface area contributed by atoms with Crippen LogP contribution in [0.1, 0.15) is 5.56 Å². The van der Waals surface area contributed by atoms with Crippen molar-refractivity contribution in [2.45, 2.75) is 6.92 Å². The first-order valence-corrected chi connectivity index (χ1v) is 4.92. The third kappa shape index (κ3) is 1.67. The van der Waals surface area contributed by atoms with Crippen LogP contribution >= 0.6 is 27.5 Å². The zero-order valence-corrected chi connectivity index (χ0v) is 9.22. The predicted molar refractivity (Wildman–Crippen MR) is 57.0 cm³/mol. The number of hydrogen-bond donors (Lipinski definition) is 0. The number of fused-ring (bicyclic) bond motifs is 1. The van der Waals surface area contributed by atoms with Gasteiger partial charge in [-0.05, 0) is 52.2 Å². The molecule has 0 saturated heterocycles. The SMILES string of the molecule is Cc1cc(Br)c2nc(Cl)ncc2c1. The lowest BCUT2D eigenvalue weighted by Gasteiger charge is -2.01. The topological polar surface area (TPSA) is 25.8 Å². The largest absolute Gasteiger partial charge is 0.226 e. The van der Waals surface area contributed by atoms with Crippen LogP contribution in [-0.2, 0) is 0 Å². The van der Waals surface area contributed by atoms with Crippen LogP contribution in [0.2, 0.25) is 5.28 Å². The highest BCUT2D eigenvalue weighted by molar-refractivity contribution is 9.10. The molecule has 2 rings (SSSR count). The lowest BCUT2D eigenvalue weighted by Crippen LogP contribution is -1.86. The summed E-state index contributed by atoms with van der Waals surface area (Å²) in [6, 6.07) is 4.03. The van der Waals surface area contributed by atoms with Crippen molar-refractivity contribution < 1.29 is 0 Å². The average Bonchev–Trinajstić information content (AvgIpc) is 2.06. The molecule has 0 bridgehead atoms. The molecule has 0 aliphatic carbocycles. The van der Waals surface area contributed by atoms with Crippen molar-refractivity contribution in [3.05, 3.63) is 33.6 Å². The summed E-state index contributed by atoms with van der Waals surface area (Å²) in [4.78, 5) is 8.05. The van der Waals surface area contributed by atoms with Crippen LogP contribution in [0.15, 0.2) is 22.8 Å². The molecule has 66 valence electrons. The molecule has 2 nitrogen and oxygen atoms in total. The minimum atomic E-state index is 0.275. The minimum Gasteiger partial charge on any atom is -0.226 e. The predicted octanol–water partition coefficient (Wildman–Crippen LogP) is 3.35. The molecule has 0 N–H and O–H groups in total. The summed E-state index contributed by atoms with van der Waals surface area (Å²) in [5.41, 5.74) is 2.02. The Kier molecular flexibility index (Phi) is 2.22. The highest BCUT2D eigenvalue weighted by atomic mass is 79.9. The second-order valence-corrected chi connectivity index (χ2v) is 4.02. The number of halogens is 2. The van der Waals surface area contributed by atoms with Crippen LogP contribution in [0.3, 0.4) is 0 Å². The summed E-state index contributed by atoms with van der Waals surface area (Å²) in [6.45, 7) is 2.03. The molecule has 0 spiro atoms. The second-order valence-electron chi connectivity index (χ2n) is 2.82. The van der Waals surface area contributed by atoms with E-state index in [4.69, 9.17) is 11.6 Å². The normalized spacial score (nSPS) is 10.7. The molecule has 1 aromatic carbocycles. The van der Waals surface area contributed by atoms with Gasteiger partial charge in [0.2, 0.25) is 5.28 Å². The number of rotatable bonds is 0. The van der Waals surface area contributed by atoms with Gasteiger partial charge in [0.15, 0.2) is 0 Å². The first-order valence-electron chi connectivity index (χ1n) is 3.75. The van der Waals surface area contributed by atoms with Crippen LogP contribution in [0.4, 0.5) is 0 Å². The molecule has 1 heterocycles. The second kappa shape index (κ2) is 3.24. The molecule has 2 aromatic rings. The molecule has 13 heavy (non-hydrogen) atoms. The molecule has 0 unspecified atom stereocenters. The molecule has 1 aromatic heterocycles. The minimum absolute atomic E-state index is 0.275. The first-order chi connectivity index (χ1) is 6.16. The van der Waals surface area contributed by atoms with Gasteiger partial charge < -0.3 is 0 Å². The average molecular weight is 258 g/mol. The molecule has 0 fully saturated rings. The third-order valence-electron chi connectivity index (χ3n) is 1.75. The van der Waals surface area contributed by atoms with Gasteiger partial charge in [0.05, 0.1) is 5.52 Å². The summed E-state index contributed by atoms with van der Waals surface area (Å²) in [5, 5.41) is 1.27. The van der Waals surface area contributed by atoms with Gasteiger partial charge in [-0.2, -0.15) is 0 Å². The number of hydrogen-bond acceptors (Lipinski definition) is 2. The van der Waals surface area contributed by atoms with E-state index >= 15 is 0 Å². The lowest BCUT2D eigenvalue weighted by molar-refractivity contribution is 1.21. The Morgan fingerprint density at radius 3 is 2.92 bits per heavy atom. The standard InChI is InChI=1S/C9H6BrClN2/c1-5-2-6-4-12-9(11)13-8(6)7(10)3-5/h2-4H,1H3. The molecule has 0 aliphatic heterocycles. The number of aromatic nitrogens is 2. The quantitative estimate of drug-likeness (QED) is 0.676. The fourth-order valence-corrected chi connectivity index (χ4v) is 2.03. The summed E-state index contributed by atoms with van der Waals surface area (Å²) < 4.78 is 0.951. The van der Waals surface area contributed by atoms with Crippen molar-refractivity contribution in [3.63, 3.8) is 0 Å². The molecular weight excluding hydrogens is 251 g/mol. The molecular formula is C9H6BrClN2. The Bertz CT molecular complexity index is 470. The van der Waals surface area contributed by atoms with E-state index < -0.39 is 0 Å². The van der Waals surface area contributed by atoms with Crippen LogP contribution in [0.5, 0.6) is 0 Å².